The lowest BCUT2D eigenvalue weighted by molar-refractivity contribution is 0.173. The monoisotopic (exact) mass is 434 g/mol. The molecule has 0 aliphatic carbocycles. The van der Waals surface area contributed by atoms with Gasteiger partial charge in [0.25, 0.3) is 0 Å². The van der Waals surface area contributed by atoms with E-state index in [0.29, 0.717) is 30.5 Å². The Morgan fingerprint density at radius 2 is 1.77 bits per heavy atom. The van der Waals surface area contributed by atoms with Crippen LogP contribution in [0.4, 0.5) is 0 Å². The molecule has 0 amide bonds. The number of piperazine rings is 1. The zero-order valence-electron chi connectivity index (χ0n) is 13.7. The average molecular weight is 435 g/mol. The van der Waals surface area contributed by atoms with Gasteiger partial charge >= 0.3 is 0 Å². The predicted octanol–water partition coefficient (Wildman–Crippen LogP) is 3.29. The highest BCUT2D eigenvalue weighted by Gasteiger charge is 2.31. The van der Waals surface area contributed by atoms with Gasteiger partial charge in [0, 0.05) is 32.7 Å². The van der Waals surface area contributed by atoms with E-state index in [-0.39, 0.29) is 16.0 Å². The highest BCUT2D eigenvalue weighted by atomic mass is 35.5. The lowest BCUT2D eigenvalue weighted by Gasteiger charge is -2.33. The summed E-state index contributed by atoms with van der Waals surface area (Å²) in [5, 5.41) is 0. The summed E-state index contributed by atoms with van der Waals surface area (Å²) in [6, 6.07) is 7.30. The van der Waals surface area contributed by atoms with Crippen LogP contribution in [0.2, 0.25) is 8.67 Å². The van der Waals surface area contributed by atoms with Crippen molar-refractivity contribution < 1.29 is 17.9 Å². The van der Waals surface area contributed by atoms with E-state index in [4.69, 9.17) is 32.7 Å². The summed E-state index contributed by atoms with van der Waals surface area (Å²) >= 11 is 13.0. The smallest absolute Gasteiger partial charge is 0.245 e. The molecule has 4 rings (SSSR count). The predicted molar refractivity (Wildman–Crippen MR) is 101 cm³/mol. The standard InChI is InChI=1S/C16H16Cl2N2O4S2/c17-15-8-14(16(18)25-15)26(21,22)20-5-3-19(4-6-20)9-11-1-2-12-13(7-11)24-10-23-12/h1-2,7-8H,3-6,9-10H2. The molecule has 2 aliphatic heterocycles. The molecule has 0 unspecified atom stereocenters. The second-order valence-corrected chi connectivity index (χ2v) is 10.2. The Morgan fingerprint density at radius 3 is 2.46 bits per heavy atom. The van der Waals surface area contributed by atoms with Crippen LogP contribution in [-0.4, -0.2) is 50.6 Å². The zero-order chi connectivity index (χ0) is 18.3. The minimum absolute atomic E-state index is 0.0957. The Hall–Kier alpha value is -1.03. The lowest BCUT2D eigenvalue weighted by Crippen LogP contribution is -2.48. The van der Waals surface area contributed by atoms with Crippen LogP contribution in [0.3, 0.4) is 0 Å². The van der Waals surface area contributed by atoms with E-state index in [1.54, 1.807) is 0 Å². The molecule has 0 saturated carbocycles. The summed E-state index contributed by atoms with van der Waals surface area (Å²) in [6.45, 7) is 3.10. The molecule has 140 valence electrons. The number of fused-ring (bicyclic) bond motifs is 1. The quantitative estimate of drug-likeness (QED) is 0.738. The van der Waals surface area contributed by atoms with Gasteiger partial charge in [0.15, 0.2) is 11.5 Å². The molecule has 2 aliphatic rings. The number of halogens is 2. The first-order chi connectivity index (χ1) is 12.4. The molecule has 1 saturated heterocycles. The van der Waals surface area contributed by atoms with Gasteiger partial charge in [-0.15, -0.1) is 11.3 Å². The van der Waals surface area contributed by atoms with Crippen molar-refractivity contribution in [3.63, 3.8) is 0 Å². The van der Waals surface area contributed by atoms with E-state index < -0.39 is 10.0 Å². The molecule has 1 aromatic heterocycles. The SMILES string of the molecule is O=S(=O)(c1cc(Cl)sc1Cl)N1CCN(Cc2ccc3c(c2)OCO3)CC1. The molecule has 0 bridgehead atoms. The third-order valence-electron chi connectivity index (χ3n) is 4.42. The Balaban J connectivity index is 1.40. The third kappa shape index (κ3) is 3.54. The Labute approximate surface area is 165 Å². The molecule has 1 aromatic carbocycles. The van der Waals surface area contributed by atoms with Crippen LogP contribution in [0.1, 0.15) is 5.56 Å². The number of nitrogens with zero attached hydrogens (tertiary/aromatic N) is 2. The zero-order valence-corrected chi connectivity index (χ0v) is 16.8. The second-order valence-electron chi connectivity index (χ2n) is 6.06. The molecule has 3 heterocycles. The van der Waals surface area contributed by atoms with E-state index >= 15 is 0 Å². The number of thiophene rings is 1. The lowest BCUT2D eigenvalue weighted by atomic mass is 10.2. The van der Waals surface area contributed by atoms with Gasteiger partial charge < -0.3 is 9.47 Å². The van der Waals surface area contributed by atoms with Gasteiger partial charge in [0.2, 0.25) is 16.8 Å². The van der Waals surface area contributed by atoms with E-state index in [1.807, 2.05) is 18.2 Å². The summed E-state index contributed by atoms with van der Waals surface area (Å²) in [5.74, 6) is 1.52. The third-order valence-corrected chi connectivity index (χ3v) is 8.07. The van der Waals surface area contributed by atoms with Crippen molar-refractivity contribution in [1.29, 1.82) is 0 Å². The second kappa shape index (κ2) is 7.18. The molecule has 2 aromatic rings. The number of benzene rings is 1. The van der Waals surface area contributed by atoms with Crippen molar-refractivity contribution in [1.82, 2.24) is 9.21 Å². The maximum Gasteiger partial charge on any atom is 0.245 e. The number of hydrogen-bond donors (Lipinski definition) is 0. The fourth-order valence-corrected chi connectivity index (χ4v) is 6.60. The first-order valence-electron chi connectivity index (χ1n) is 7.99. The largest absolute Gasteiger partial charge is 0.454 e. The molecular weight excluding hydrogens is 419 g/mol. The number of hydrogen-bond acceptors (Lipinski definition) is 6. The van der Waals surface area contributed by atoms with E-state index in [9.17, 15) is 8.42 Å². The van der Waals surface area contributed by atoms with Crippen molar-refractivity contribution in [2.75, 3.05) is 33.0 Å². The number of ether oxygens (including phenoxy) is 2. The van der Waals surface area contributed by atoms with Gasteiger partial charge in [-0.05, 0) is 23.8 Å². The van der Waals surface area contributed by atoms with Crippen LogP contribution in [0.25, 0.3) is 0 Å². The summed E-state index contributed by atoms with van der Waals surface area (Å²) in [5.41, 5.74) is 1.11. The summed E-state index contributed by atoms with van der Waals surface area (Å²) in [6.07, 6.45) is 0. The number of rotatable bonds is 4. The van der Waals surface area contributed by atoms with Crippen molar-refractivity contribution in [3.8, 4) is 11.5 Å². The van der Waals surface area contributed by atoms with Gasteiger partial charge in [-0.25, -0.2) is 8.42 Å². The summed E-state index contributed by atoms with van der Waals surface area (Å²) < 4.78 is 38.3. The summed E-state index contributed by atoms with van der Waals surface area (Å²) in [7, 11) is -3.61. The number of sulfonamides is 1. The topological polar surface area (TPSA) is 59.1 Å². The van der Waals surface area contributed by atoms with Crippen LogP contribution >= 0.6 is 34.5 Å². The van der Waals surface area contributed by atoms with E-state index in [0.717, 1.165) is 34.9 Å². The van der Waals surface area contributed by atoms with Crippen molar-refractivity contribution >= 4 is 44.6 Å². The summed E-state index contributed by atoms with van der Waals surface area (Å²) in [4.78, 5) is 2.31. The van der Waals surface area contributed by atoms with Crippen molar-refractivity contribution in [3.05, 3.63) is 38.5 Å². The average Bonchev–Trinajstić information content (AvgIpc) is 3.21. The Bertz CT molecular complexity index is 924. The van der Waals surface area contributed by atoms with E-state index in [2.05, 4.69) is 4.90 Å². The van der Waals surface area contributed by atoms with Crippen LogP contribution in [0.15, 0.2) is 29.2 Å². The Kier molecular flexibility index (Phi) is 5.06. The molecule has 6 nitrogen and oxygen atoms in total. The molecule has 26 heavy (non-hydrogen) atoms. The van der Waals surface area contributed by atoms with Crippen LogP contribution in [-0.2, 0) is 16.6 Å². The maximum absolute atomic E-state index is 12.8. The van der Waals surface area contributed by atoms with Crippen LogP contribution in [0.5, 0.6) is 11.5 Å². The molecule has 0 spiro atoms. The fraction of sp³-hybridized carbons (Fsp3) is 0.375. The molecular formula is C16H16Cl2N2O4S2. The molecule has 0 atom stereocenters. The molecule has 0 N–H and O–H groups in total. The molecule has 0 radical (unpaired) electrons. The van der Waals surface area contributed by atoms with Gasteiger partial charge in [-0.3, -0.25) is 4.90 Å². The maximum atomic E-state index is 12.8. The van der Waals surface area contributed by atoms with Gasteiger partial charge in [0.05, 0.1) is 4.34 Å². The fourth-order valence-electron chi connectivity index (χ4n) is 3.07. The highest BCUT2D eigenvalue weighted by Crippen LogP contribution is 2.36. The van der Waals surface area contributed by atoms with Crippen LogP contribution in [0, 0.1) is 0 Å². The van der Waals surface area contributed by atoms with Crippen molar-refractivity contribution in [2.24, 2.45) is 0 Å². The van der Waals surface area contributed by atoms with Crippen molar-refractivity contribution in [2.45, 2.75) is 11.4 Å². The van der Waals surface area contributed by atoms with Gasteiger partial charge in [-0.2, -0.15) is 4.31 Å². The first kappa shape index (κ1) is 18.3. The molecule has 10 heteroatoms. The Morgan fingerprint density at radius 1 is 1.04 bits per heavy atom. The van der Waals surface area contributed by atoms with E-state index in [1.165, 1.54) is 10.4 Å². The van der Waals surface area contributed by atoms with Gasteiger partial charge in [-0.1, -0.05) is 29.3 Å². The first-order valence-corrected chi connectivity index (χ1v) is 11.0. The van der Waals surface area contributed by atoms with Crippen LogP contribution < -0.4 is 9.47 Å². The minimum Gasteiger partial charge on any atom is -0.454 e. The minimum atomic E-state index is -3.61. The highest BCUT2D eigenvalue weighted by molar-refractivity contribution is 7.89. The normalized spacial score (nSPS) is 18.4. The molecule has 1 fully saturated rings. The van der Waals surface area contributed by atoms with Gasteiger partial charge in [0.1, 0.15) is 9.23 Å².